The number of hydrogen-bond donors (Lipinski definition) is 5. The number of likely N-dealkylation sites (tertiary alicyclic amines) is 1. The average molecular weight is 448 g/mol. The second-order valence-corrected chi connectivity index (χ2v) is 8.54. The number of carbonyl (C=O) groups is 4. The zero-order valence-electron chi connectivity index (χ0n) is 18.5. The number of phenols is 1. The van der Waals surface area contributed by atoms with Crippen molar-refractivity contribution < 1.29 is 24.3 Å². The van der Waals surface area contributed by atoms with Crippen LogP contribution in [0.5, 0.6) is 5.75 Å². The van der Waals surface area contributed by atoms with Crippen LogP contribution in [0.1, 0.15) is 38.7 Å². The van der Waals surface area contributed by atoms with E-state index in [2.05, 4.69) is 10.6 Å². The zero-order chi connectivity index (χ0) is 23.8. The molecule has 3 atom stereocenters. The van der Waals surface area contributed by atoms with E-state index < -0.39 is 35.8 Å². The zero-order valence-corrected chi connectivity index (χ0v) is 18.5. The molecule has 0 aromatic heterocycles. The van der Waals surface area contributed by atoms with Crippen molar-refractivity contribution in [1.82, 2.24) is 15.5 Å². The normalized spacial score (nSPS) is 17.6. The predicted molar refractivity (Wildman–Crippen MR) is 118 cm³/mol. The Kier molecular flexibility index (Phi) is 9.01. The average Bonchev–Trinajstić information content (AvgIpc) is 3.22. The minimum atomic E-state index is -0.843. The van der Waals surface area contributed by atoms with Crippen LogP contribution in [-0.4, -0.2) is 64.9 Å². The Labute approximate surface area is 187 Å². The summed E-state index contributed by atoms with van der Waals surface area (Å²) in [4.78, 5) is 50.8. The number of rotatable bonds is 10. The van der Waals surface area contributed by atoms with E-state index in [0.29, 0.717) is 25.8 Å². The van der Waals surface area contributed by atoms with E-state index in [1.165, 1.54) is 17.0 Å². The number of benzene rings is 1. The van der Waals surface area contributed by atoms with Gasteiger partial charge in [0.2, 0.25) is 23.6 Å². The van der Waals surface area contributed by atoms with Gasteiger partial charge in [0.15, 0.2) is 0 Å². The van der Waals surface area contributed by atoms with Crippen molar-refractivity contribution in [3.05, 3.63) is 29.8 Å². The third-order valence-corrected chi connectivity index (χ3v) is 5.32. The Morgan fingerprint density at radius 2 is 1.84 bits per heavy atom. The van der Waals surface area contributed by atoms with E-state index in [1.54, 1.807) is 12.1 Å². The molecule has 1 saturated heterocycles. The molecule has 1 aromatic rings. The quantitative estimate of drug-likeness (QED) is 0.320. The summed E-state index contributed by atoms with van der Waals surface area (Å²) < 4.78 is 0. The Morgan fingerprint density at radius 1 is 1.19 bits per heavy atom. The van der Waals surface area contributed by atoms with E-state index >= 15 is 0 Å². The standard InChI is InChI=1S/C22H33N5O5/c1-13(2)10-17(20(30)25-12-19(24)29)26-21(31)18-4-3-9-27(18)22(32)16(23)11-14-5-7-15(28)8-6-14/h5-8,13,16-18,28H,3-4,9-12,23H2,1-2H3,(H2,24,29)(H,25,30)(H,26,31)/t16-,17+,18+/m1/s1. The summed E-state index contributed by atoms with van der Waals surface area (Å²) in [5.41, 5.74) is 12.0. The Hall–Kier alpha value is -3.14. The van der Waals surface area contributed by atoms with Gasteiger partial charge in [0, 0.05) is 6.54 Å². The minimum Gasteiger partial charge on any atom is -0.508 e. The van der Waals surface area contributed by atoms with E-state index in [9.17, 15) is 24.3 Å². The van der Waals surface area contributed by atoms with E-state index in [1.807, 2.05) is 13.8 Å². The first-order valence-corrected chi connectivity index (χ1v) is 10.8. The summed E-state index contributed by atoms with van der Waals surface area (Å²) in [5, 5.41) is 14.5. The molecule has 1 aliphatic heterocycles. The molecule has 0 bridgehead atoms. The third kappa shape index (κ3) is 7.23. The van der Waals surface area contributed by atoms with E-state index in [0.717, 1.165) is 5.56 Å². The van der Waals surface area contributed by atoms with Gasteiger partial charge in [0.1, 0.15) is 17.8 Å². The molecule has 1 heterocycles. The fourth-order valence-corrected chi connectivity index (χ4v) is 3.76. The molecule has 4 amide bonds. The Morgan fingerprint density at radius 3 is 2.44 bits per heavy atom. The summed E-state index contributed by atoms with van der Waals surface area (Å²) in [6.07, 6.45) is 1.77. The molecule has 0 aliphatic carbocycles. The molecule has 0 saturated carbocycles. The predicted octanol–water partition coefficient (Wildman–Crippen LogP) is -0.615. The SMILES string of the molecule is CC(C)C[C@H](NC(=O)[C@@H]1CCCN1C(=O)[C@H](N)Cc1ccc(O)cc1)C(=O)NCC(N)=O. The number of primary amides is 1. The maximum atomic E-state index is 13.0. The molecule has 32 heavy (non-hydrogen) atoms. The molecule has 10 nitrogen and oxygen atoms in total. The van der Waals surface area contributed by atoms with Crippen LogP contribution in [0.4, 0.5) is 0 Å². The van der Waals surface area contributed by atoms with Gasteiger partial charge >= 0.3 is 0 Å². The molecule has 1 fully saturated rings. The van der Waals surface area contributed by atoms with Gasteiger partial charge in [-0.15, -0.1) is 0 Å². The van der Waals surface area contributed by atoms with Crippen LogP contribution in [0.3, 0.4) is 0 Å². The number of hydrogen-bond acceptors (Lipinski definition) is 6. The lowest BCUT2D eigenvalue weighted by molar-refractivity contribution is -0.140. The highest BCUT2D eigenvalue weighted by Crippen LogP contribution is 2.20. The largest absolute Gasteiger partial charge is 0.508 e. The molecular formula is C22H33N5O5. The molecule has 1 aliphatic rings. The van der Waals surface area contributed by atoms with Crippen LogP contribution >= 0.6 is 0 Å². The van der Waals surface area contributed by atoms with Crippen LogP contribution in [-0.2, 0) is 25.6 Å². The molecule has 7 N–H and O–H groups in total. The summed E-state index contributed by atoms with van der Waals surface area (Å²) in [6.45, 7) is 3.91. The first kappa shape index (κ1) is 25.1. The van der Waals surface area contributed by atoms with Gasteiger partial charge in [0.05, 0.1) is 12.6 Å². The third-order valence-electron chi connectivity index (χ3n) is 5.32. The molecule has 0 spiro atoms. The molecule has 0 radical (unpaired) electrons. The van der Waals surface area contributed by atoms with Gasteiger partial charge in [-0.3, -0.25) is 19.2 Å². The number of nitrogens with one attached hydrogen (secondary N) is 2. The van der Waals surface area contributed by atoms with E-state index in [-0.39, 0.29) is 30.5 Å². The smallest absolute Gasteiger partial charge is 0.243 e. The summed E-state index contributed by atoms with van der Waals surface area (Å²) in [6, 6.07) is 4.04. The molecule has 10 heteroatoms. The van der Waals surface area contributed by atoms with Crippen molar-refractivity contribution in [2.45, 2.75) is 57.7 Å². The summed E-state index contributed by atoms with van der Waals surface area (Å²) in [5.74, 6) is -1.70. The first-order chi connectivity index (χ1) is 15.1. The van der Waals surface area contributed by atoms with E-state index in [4.69, 9.17) is 11.5 Å². The lowest BCUT2D eigenvalue weighted by Gasteiger charge is -2.28. The lowest BCUT2D eigenvalue weighted by atomic mass is 10.0. The number of aromatic hydroxyl groups is 1. The van der Waals surface area contributed by atoms with Crippen LogP contribution in [0.25, 0.3) is 0 Å². The number of nitrogens with zero attached hydrogens (tertiary/aromatic N) is 1. The maximum absolute atomic E-state index is 13.0. The second-order valence-electron chi connectivity index (χ2n) is 8.54. The van der Waals surface area contributed by atoms with Crippen LogP contribution in [0.2, 0.25) is 0 Å². The van der Waals surface area contributed by atoms with Gasteiger partial charge < -0.3 is 32.1 Å². The molecular weight excluding hydrogens is 414 g/mol. The van der Waals surface area contributed by atoms with Crippen LogP contribution in [0.15, 0.2) is 24.3 Å². The van der Waals surface area contributed by atoms with Crippen molar-refractivity contribution in [2.24, 2.45) is 17.4 Å². The Balaban J connectivity index is 2.03. The second kappa shape index (κ2) is 11.5. The number of phenolic OH excluding ortho intramolecular Hbond substituents is 1. The fourth-order valence-electron chi connectivity index (χ4n) is 3.76. The fraction of sp³-hybridized carbons (Fsp3) is 0.545. The summed E-state index contributed by atoms with van der Waals surface area (Å²) in [7, 11) is 0. The first-order valence-electron chi connectivity index (χ1n) is 10.8. The molecule has 0 unspecified atom stereocenters. The van der Waals surface area contributed by atoms with Crippen LogP contribution < -0.4 is 22.1 Å². The summed E-state index contributed by atoms with van der Waals surface area (Å²) >= 11 is 0. The van der Waals surface area contributed by atoms with Crippen molar-refractivity contribution >= 4 is 23.6 Å². The highest BCUT2D eigenvalue weighted by atomic mass is 16.3. The van der Waals surface area contributed by atoms with Gasteiger partial charge in [-0.2, -0.15) is 0 Å². The highest BCUT2D eigenvalue weighted by Gasteiger charge is 2.37. The lowest BCUT2D eigenvalue weighted by Crippen LogP contribution is -2.56. The highest BCUT2D eigenvalue weighted by molar-refractivity contribution is 5.94. The number of carbonyl (C=O) groups excluding carboxylic acids is 4. The maximum Gasteiger partial charge on any atom is 0.243 e. The van der Waals surface area contributed by atoms with Crippen molar-refractivity contribution in [2.75, 3.05) is 13.1 Å². The van der Waals surface area contributed by atoms with Gasteiger partial charge in [-0.25, -0.2) is 0 Å². The number of amides is 4. The van der Waals surface area contributed by atoms with Gasteiger partial charge in [-0.1, -0.05) is 26.0 Å². The monoisotopic (exact) mass is 447 g/mol. The Bertz CT molecular complexity index is 827. The molecule has 1 aromatic carbocycles. The minimum absolute atomic E-state index is 0.111. The molecule has 2 rings (SSSR count). The van der Waals surface area contributed by atoms with Crippen molar-refractivity contribution in [3.8, 4) is 5.75 Å². The molecule has 176 valence electrons. The topological polar surface area (TPSA) is 168 Å². The van der Waals surface area contributed by atoms with Crippen LogP contribution in [0, 0.1) is 5.92 Å². The number of nitrogens with two attached hydrogens (primary N) is 2. The van der Waals surface area contributed by atoms with Crippen molar-refractivity contribution in [1.29, 1.82) is 0 Å². The van der Waals surface area contributed by atoms with Crippen molar-refractivity contribution in [3.63, 3.8) is 0 Å². The van der Waals surface area contributed by atoms with Gasteiger partial charge in [-0.05, 0) is 49.3 Å². The van der Waals surface area contributed by atoms with Gasteiger partial charge in [0.25, 0.3) is 0 Å².